The molecule has 1 atom stereocenters. The smallest absolute Gasteiger partial charge is 0.295 e. The third-order valence-corrected chi connectivity index (χ3v) is 5.09. The molecule has 9 heteroatoms. The van der Waals surface area contributed by atoms with Crippen molar-refractivity contribution in [2.75, 3.05) is 6.54 Å². The number of aromatic nitrogens is 4. The minimum atomic E-state index is -0.790. The first-order chi connectivity index (χ1) is 14.0. The maximum atomic E-state index is 12.9. The lowest BCUT2D eigenvalue weighted by Gasteiger charge is -2.23. The SMILES string of the molecule is Cc1n[nH]c(C)c1/C(O)=C1\C(=O)C(=O)N(CCCn2ccnc2)[C@@H]1c1ccco1. The highest BCUT2D eigenvalue weighted by molar-refractivity contribution is 6.46. The molecule has 1 amide bonds. The van der Waals surface area contributed by atoms with E-state index < -0.39 is 17.7 Å². The number of ketones is 1. The number of carbonyl (C=O) groups is 2. The van der Waals surface area contributed by atoms with Gasteiger partial charge in [-0.2, -0.15) is 5.10 Å². The van der Waals surface area contributed by atoms with Gasteiger partial charge in [-0.15, -0.1) is 0 Å². The highest BCUT2D eigenvalue weighted by Crippen LogP contribution is 2.40. The predicted octanol–water partition coefficient (Wildman–Crippen LogP) is 2.33. The summed E-state index contributed by atoms with van der Waals surface area (Å²) in [6.45, 7) is 4.45. The molecule has 0 unspecified atom stereocenters. The van der Waals surface area contributed by atoms with Crippen molar-refractivity contribution in [3.63, 3.8) is 0 Å². The summed E-state index contributed by atoms with van der Waals surface area (Å²) in [4.78, 5) is 31.1. The Hall–Kier alpha value is -3.62. The standard InChI is InChI=1S/C20H21N5O4/c1-12-15(13(2)23-22-12)18(26)16-17(14-5-3-10-29-14)25(20(28)19(16)27)8-4-7-24-9-6-21-11-24/h3,5-6,9-11,17,26H,4,7-8H2,1-2H3,(H,22,23)/b18-16+/t17-/m1/s1. The number of nitrogens with zero attached hydrogens (tertiary/aromatic N) is 4. The number of Topliss-reactive ketones (excluding diaryl/α,β-unsaturated/α-hetero) is 1. The number of nitrogens with one attached hydrogen (secondary N) is 1. The van der Waals surface area contributed by atoms with Gasteiger partial charge in [0.25, 0.3) is 11.7 Å². The van der Waals surface area contributed by atoms with E-state index in [9.17, 15) is 14.7 Å². The first kappa shape index (κ1) is 18.7. The van der Waals surface area contributed by atoms with E-state index in [1.54, 1.807) is 38.5 Å². The molecule has 0 radical (unpaired) electrons. The van der Waals surface area contributed by atoms with Gasteiger partial charge in [-0.1, -0.05) is 0 Å². The van der Waals surface area contributed by atoms with Gasteiger partial charge in [-0.25, -0.2) is 4.98 Å². The average Bonchev–Trinajstić information content (AvgIpc) is 3.47. The van der Waals surface area contributed by atoms with Gasteiger partial charge in [-0.05, 0) is 32.4 Å². The fraction of sp³-hybridized carbons (Fsp3) is 0.300. The Labute approximate surface area is 166 Å². The molecule has 1 aliphatic rings. The van der Waals surface area contributed by atoms with Crippen molar-refractivity contribution in [3.8, 4) is 0 Å². The van der Waals surface area contributed by atoms with Crippen LogP contribution in [0.15, 0.2) is 47.1 Å². The van der Waals surface area contributed by atoms with Gasteiger partial charge in [0.15, 0.2) is 0 Å². The number of amides is 1. The molecule has 4 rings (SSSR count). The van der Waals surface area contributed by atoms with Gasteiger partial charge >= 0.3 is 0 Å². The lowest BCUT2D eigenvalue weighted by Crippen LogP contribution is -2.31. The van der Waals surface area contributed by atoms with Crippen molar-refractivity contribution in [1.29, 1.82) is 0 Å². The van der Waals surface area contributed by atoms with E-state index in [2.05, 4.69) is 15.2 Å². The molecule has 0 aromatic carbocycles. The zero-order valence-electron chi connectivity index (χ0n) is 16.1. The highest BCUT2D eigenvalue weighted by atomic mass is 16.3. The van der Waals surface area contributed by atoms with Crippen LogP contribution >= 0.6 is 0 Å². The average molecular weight is 395 g/mol. The second-order valence-corrected chi connectivity index (χ2v) is 6.97. The molecule has 9 nitrogen and oxygen atoms in total. The molecular weight excluding hydrogens is 374 g/mol. The summed E-state index contributed by atoms with van der Waals surface area (Å²) in [7, 11) is 0. The molecule has 1 aliphatic heterocycles. The van der Waals surface area contributed by atoms with E-state index in [1.807, 2.05) is 10.8 Å². The van der Waals surface area contributed by atoms with E-state index in [4.69, 9.17) is 4.42 Å². The van der Waals surface area contributed by atoms with Crippen LogP contribution in [-0.2, 0) is 16.1 Å². The van der Waals surface area contributed by atoms with Crippen LogP contribution in [0.2, 0.25) is 0 Å². The lowest BCUT2D eigenvalue weighted by molar-refractivity contribution is -0.140. The molecular formula is C20H21N5O4. The summed E-state index contributed by atoms with van der Waals surface area (Å²) < 4.78 is 7.42. The van der Waals surface area contributed by atoms with Crippen LogP contribution in [-0.4, -0.2) is 48.0 Å². The zero-order valence-corrected chi connectivity index (χ0v) is 16.1. The van der Waals surface area contributed by atoms with E-state index in [1.165, 1.54) is 11.2 Å². The topological polar surface area (TPSA) is 117 Å². The van der Waals surface area contributed by atoms with Crippen LogP contribution in [0.25, 0.3) is 5.76 Å². The molecule has 0 aliphatic carbocycles. The molecule has 29 heavy (non-hydrogen) atoms. The minimum Gasteiger partial charge on any atom is -0.507 e. The fourth-order valence-corrected chi connectivity index (χ4v) is 3.73. The first-order valence-electron chi connectivity index (χ1n) is 9.28. The largest absolute Gasteiger partial charge is 0.507 e. The van der Waals surface area contributed by atoms with Gasteiger partial charge in [0.2, 0.25) is 0 Å². The van der Waals surface area contributed by atoms with Crippen LogP contribution in [0.5, 0.6) is 0 Å². The Morgan fingerprint density at radius 3 is 2.76 bits per heavy atom. The minimum absolute atomic E-state index is 0.0141. The maximum absolute atomic E-state index is 12.9. The number of aliphatic hydroxyl groups excluding tert-OH is 1. The van der Waals surface area contributed by atoms with Crippen LogP contribution < -0.4 is 0 Å². The van der Waals surface area contributed by atoms with Crippen molar-refractivity contribution in [2.24, 2.45) is 0 Å². The maximum Gasteiger partial charge on any atom is 0.295 e. The Morgan fingerprint density at radius 1 is 1.31 bits per heavy atom. The number of rotatable bonds is 6. The molecule has 150 valence electrons. The highest BCUT2D eigenvalue weighted by Gasteiger charge is 2.47. The number of hydrogen-bond donors (Lipinski definition) is 2. The molecule has 3 aromatic heterocycles. The zero-order chi connectivity index (χ0) is 20.5. The van der Waals surface area contributed by atoms with E-state index in [-0.39, 0.29) is 11.3 Å². The quantitative estimate of drug-likeness (QED) is 0.376. The second kappa shape index (κ2) is 7.42. The second-order valence-electron chi connectivity index (χ2n) is 6.97. The third-order valence-electron chi connectivity index (χ3n) is 5.09. The Bertz CT molecular complexity index is 1040. The van der Waals surface area contributed by atoms with Crippen molar-refractivity contribution in [1.82, 2.24) is 24.6 Å². The van der Waals surface area contributed by atoms with Gasteiger partial charge in [0.1, 0.15) is 17.6 Å². The van der Waals surface area contributed by atoms with Crippen molar-refractivity contribution >= 4 is 17.4 Å². The summed E-state index contributed by atoms with van der Waals surface area (Å²) in [5, 5.41) is 17.9. The number of aryl methyl sites for hydroxylation is 3. The van der Waals surface area contributed by atoms with Gasteiger partial charge in [-0.3, -0.25) is 14.7 Å². The molecule has 0 saturated carbocycles. The van der Waals surface area contributed by atoms with Gasteiger partial charge in [0, 0.05) is 31.2 Å². The monoisotopic (exact) mass is 395 g/mol. The summed E-state index contributed by atoms with van der Waals surface area (Å²) in [6.07, 6.45) is 7.31. The fourth-order valence-electron chi connectivity index (χ4n) is 3.73. The number of H-pyrrole nitrogens is 1. The Kier molecular flexibility index (Phi) is 4.79. The van der Waals surface area contributed by atoms with E-state index in [0.717, 1.165) is 0 Å². The van der Waals surface area contributed by atoms with Gasteiger partial charge in [0.05, 0.1) is 29.4 Å². The first-order valence-corrected chi connectivity index (χ1v) is 9.28. The predicted molar refractivity (Wildman–Crippen MR) is 103 cm³/mol. The van der Waals surface area contributed by atoms with Crippen LogP contribution in [0.4, 0.5) is 0 Å². The van der Waals surface area contributed by atoms with Crippen molar-refractivity contribution in [3.05, 3.63) is 65.4 Å². The number of furan rings is 1. The van der Waals surface area contributed by atoms with E-state index >= 15 is 0 Å². The molecule has 1 saturated heterocycles. The summed E-state index contributed by atoms with van der Waals surface area (Å²) in [6, 6.07) is 2.60. The Morgan fingerprint density at radius 2 is 2.14 bits per heavy atom. The van der Waals surface area contributed by atoms with Crippen molar-refractivity contribution < 1.29 is 19.1 Å². The van der Waals surface area contributed by atoms with Crippen LogP contribution in [0.1, 0.15) is 35.2 Å². The molecule has 0 bridgehead atoms. The van der Waals surface area contributed by atoms with Gasteiger partial charge < -0.3 is 19.0 Å². The van der Waals surface area contributed by atoms with E-state index in [0.29, 0.717) is 42.2 Å². The summed E-state index contributed by atoms with van der Waals surface area (Å²) >= 11 is 0. The lowest BCUT2D eigenvalue weighted by atomic mass is 9.98. The number of hydrogen-bond acceptors (Lipinski definition) is 6. The molecule has 1 fully saturated rings. The Balaban J connectivity index is 1.72. The normalized spacial score (nSPS) is 18.7. The van der Waals surface area contributed by atoms with Crippen LogP contribution in [0, 0.1) is 13.8 Å². The molecule has 2 N–H and O–H groups in total. The van der Waals surface area contributed by atoms with Crippen LogP contribution in [0.3, 0.4) is 0 Å². The number of carbonyl (C=O) groups excluding carboxylic acids is 2. The number of imidazole rings is 1. The summed E-state index contributed by atoms with van der Waals surface area (Å²) in [5.74, 6) is -1.21. The number of aliphatic hydroxyl groups is 1. The third kappa shape index (κ3) is 3.24. The van der Waals surface area contributed by atoms with Crippen molar-refractivity contribution in [2.45, 2.75) is 32.9 Å². The molecule has 3 aromatic rings. The number of aromatic amines is 1. The number of likely N-dealkylation sites (tertiary alicyclic amines) is 1. The molecule has 0 spiro atoms. The molecule has 4 heterocycles. The summed E-state index contributed by atoms with van der Waals surface area (Å²) in [5.41, 5.74) is 1.60.